The first-order valence-corrected chi connectivity index (χ1v) is 7.95. The second-order valence-electron chi connectivity index (χ2n) is 5.63. The first-order valence-electron chi connectivity index (χ1n) is 7.07. The van der Waals surface area contributed by atoms with Crippen molar-refractivity contribution in [2.24, 2.45) is 11.7 Å². The molecule has 0 aliphatic carbocycles. The van der Waals surface area contributed by atoms with E-state index in [1.54, 1.807) is 16.7 Å². The van der Waals surface area contributed by atoms with Crippen molar-refractivity contribution in [1.29, 1.82) is 0 Å². The maximum atomic E-state index is 12.0. The molecule has 5 nitrogen and oxygen atoms in total. The van der Waals surface area contributed by atoms with Crippen LogP contribution in [0.2, 0.25) is 0 Å². The minimum Gasteiger partial charge on any atom is -0.329 e. The summed E-state index contributed by atoms with van der Waals surface area (Å²) in [4.78, 5) is 19.7. The number of aromatic nitrogens is 2. The van der Waals surface area contributed by atoms with Gasteiger partial charge in [0.2, 0.25) is 0 Å². The van der Waals surface area contributed by atoms with E-state index in [4.69, 9.17) is 5.73 Å². The Balaban J connectivity index is 0.00000161. The van der Waals surface area contributed by atoms with Gasteiger partial charge in [-0.05, 0) is 25.3 Å². The fourth-order valence-corrected chi connectivity index (χ4v) is 3.67. The maximum absolute atomic E-state index is 12.0. The van der Waals surface area contributed by atoms with E-state index < -0.39 is 0 Å². The molecule has 21 heavy (non-hydrogen) atoms. The number of nitrogens with two attached hydrogens (primary N) is 1. The van der Waals surface area contributed by atoms with E-state index in [-0.39, 0.29) is 18.0 Å². The van der Waals surface area contributed by atoms with Gasteiger partial charge in [-0.15, -0.1) is 23.7 Å². The first-order chi connectivity index (χ1) is 9.67. The van der Waals surface area contributed by atoms with Crippen LogP contribution < -0.4 is 11.3 Å². The van der Waals surface area contributed by atoms with E-state index in [1.807, 2.05) is 5.38 Å². The van der Waals surface area contributed by atoms with E-state index in [1.165, 1.54) is 17.8 Å². The van der Waals surface area contributed by atoms with Crippen molar-refractivity contribution >= 4 is 28.7 Å². The monoisotopic (exact) mass is 328 g/mol. The van der Waals surface area contributed by atoms with Gasteiger partial charge in [-0.3, -0.25) is 14.1 Å². The molecule has 0 spiro atoms. The van der Waals surface area contributed by atoms with Gasteiger partial charge in [-0.1, -0.05) is 6.92 Å². The number of halogens is 1. The van der Waals surface area contributed by atoms with Crippen LogP contribution in [0.1, 0.15) is 25.5 Å². The Kier molecular flexibility index (Phi) is 5.37. The van der Waals surface area contributed by atoms with Crippen molar-refractivity contribution in [2.45, 2.75) is 32.4 Å². The Hall–Kier alpha value is -0.950. The largest absolute Gasteiger partial charge is 0.329 e. The molecule has 0 saturated carbocycles. The molecular formula is C14H21ClN4OS. The van der Waals surface area contributed by atoms with Crippen LogP contribution in [0.15, 0.2) is 22.4 Å². The molecule has 0 radical (unpaired) electrons. The van der Waals surface area contributed by atoms with Crippen LogP contribution in [0.25, 0.3) is 4.96 Å². The number of fused-ring (bicyclic) bond motifs is 1. The second-order valence-corrected chi connectivity index (χ2v) is 6.50. The van der Waals surface area contributed by atoms with Crippen LogP contribution in [0.4, 0.5) is 0 Å². The zero-order valence-corrected chi connectivity index (χ0v) is 13.7. The van der Waals surface area contributed by atoms with Gasteiger partial charge in [-0.2, -0.15) is 0 Å². The standard InChI is InChI=1S/C14H20N4OS.ClH/c1-10-2-3-17(12(6-10)8-15)9-11-7-13(19)18-4-5-20-14(18)16-11;/h4-5,7,10,12H,2-3,6,8-9,15H2,1H3;1H. The van der Waals surface area contributed by atoms with E-state index in [9.17, 15) is 4.79 Å². The minimum atomic E-state index is 0. The third-order valence-electron chi connectivity index (χ3n) is 4.09. The van der Waals surface area contributed by atoms with Crippen molar-refractivity contribution in [2.75, 3.05) is 13.1 Å². The summed E-state index contributed by atoms with van der Waals surface area (Å²) in [5.41, 5.74) is 6.74. The van der Waals surface area contributed by atoms with Gasteiger partial charge < -0.3 is 5.73 Å². The lowest BCUT2D eigenvalue weighted by atomic mass is 9.92. The van der Waals surface area contributed by atoms with Gasteiger partial charge >= 0.3 is 0 Å². The SMILES string of the molecule is CC1CCN(Cc2cc(=O)n3ccsc3n2)C(CN)C1.Cl. The summed E-state index contributed by atoms with van der Waals surface area (Å²) in [5.74, 6) is 0.734. The normalized spacial score (nSPS) is 23.1. The predicted molar refractivity (Wildman–Crippen MR) is 88.2 cm³/mol. The lowest BCUT2D eigenvalue weighted by Gasteiger charge is -2.37. The molecule has 2 N–H and O–H groups in total. The molecular weight excluding hydrogens is 308 g/mol. The fraction of sp³-hybridized carbons (Fsp3) is 0.571. The van der Waals surface area contributed by atoms with Crippen molar-refractivity contribution in [1.82, 2.24) is 14.3 Å². The van der Waals surface area contributed by atoms with Gasteiger partial charge in [0, 0.05) is 36.8 Å². The molecule has 1 aliphatic heterocycles. The Labute approximate surface area is 134 Å². The molecule has 1 aliphatic rings. The summed E-state index contributed by atoms with van der Waals surface area (Å²) in [7, 11) is 0. The first kappa shape index (κ1) is 16.4. The molecule has 0 bridgehead atoms. The predicted octanol–water partition coefficient (Wildman–Crippen LogP) is 1.74. The van der Waals surface area contributed by atoms with Gasteiger partial charge in [-0.25, -0.2) is 4.98 Å². The average molecular weight is 329 g/mol. The van der Waals surface area contributed by atoms with Crippen LogP contribution in [0.5, 0.6) is 0 Å². The highest BCUT2D eigenvalue weighted by molar-refractivity contribution is 7.15. The summed E-state index contributed by atoms with van der Waals surface area (Å²) < 4.78 is 1.59. The van der Waals surface area contributed by atoms with Crippen LogP contribution in [0, 0.1) is 5.92 Å². The minimum absolute atomic E-state index is 0. The zero-order chi connectivity index (χ0) is 14.1. The molecule has 1 fully saturated rings. The lowest BCUT2D eigenvalue weighted by molar-refractivity contribution is 0.114. The third kappa shape index (κ3) is 3.45. The van der Waals surface area contributed by atoms with Crippen LogP contribution in [-0.2, 0) is 6.54 Å². The van der Waals surface area contributed by atoms with Gasteiger partial charge in [0.1, 0.15) is 0 Å². The third-order valence-corrected chi connectivity index (χ3v) is 4.85. The molecule has 7 heteroatoms. The zero-order valence-electron chi connectivity index (χ0n) is 12.1. The molecule has 0 amide bonds. The topological polar surface area (TPSA) is 63.6 Å². The molecule has 116 valence electrons. The number of hydrogen-bond acceptors (Lipinski definition) is 5. The number of rotatable bonds is 3. The van der Waals surface area contributed by atoms with E-state index in [2.05, 4.69) is 16.8 Å². The summed E-state index contributed by atoms with van der Waals surface area (Å²) >= 11 is 1.49. The quantitative estimate of drug-likeness (QED) is 0.932. The Morgan fingerprint density at radius 1 is 1.52 bits per heavy atom. The van der Waals surface area contributed by atoms with Crippen LogP contribution in [0.3, 0.4) is 0 Å². The number of piperidine rings is 1. The van der Waals surface area contributed by atoms with Gasteiger partial charge in [0.05, 0.1) is 5.69 Å². The summed E-state index contributed by atoms with van der Waals surface area (Å²) in [6.07, 6.45) is 4.10. The Morgan fingerprint density at radius 3 is 3.10 bits per heavy atom. The number of nitrogens with zero attached hydrogens (tertiary/aromatic N) is 3. The summed E-state index contributed by atoms with van der Waals surface area (Å²) in [5, 5.41) is 1.89. The summed E-state index contributed by atoms with van der Waals surface area (Å²) in [6, 6.07) is 2.05. The van der Waals surface area contributed by atoms with E-state index in [0.29, 0.717) is 12.6 Å². The molecule has 2 atom stereocenters. The van der Waals surface area contributed by atoms with Crippen molar-refractivity contribution in [3.05, 3.63) is 33.7 Å². The Morgan fingerprint density at radius 2 is 2.33 bits per heavy atom. The number of hydrogen-bond donors (Lipinski definition) is 1. The van der Waals surface area contributed by atoms with Gasteiger partial charge in [0.25, 0.3) is 5.56 Å². The molecule has 2 unspecified atom stereocenters. The highest BCUT2D eigenvalue weighted by Crippen LogP contribution is 2.23. The van der Waals surface area contributed by atoms with Crippen LogP contribution in [-0.4, -0.2) is 33.4 Å². The molecule has 2 aromatic rings. The van der Waals surface area contributed by atoms with Crippen molar-refractivity contribution in [3.63, 3.8) is 0 Å². The summed E-state index contributed by atoms with van der Waals surface area (Å²) in [6.45, 7) is 4.71. The fourth-order valence-electron chi connectivity index (χ4n) is 2.93. The Bertz CT molecular complexity index is 656. The molecule has 3 heterocycles. The van der Waals surface area contributed by atoms with Crippen molar-refractivity contribution < 1.29 is 0 Å². The molecule has 0 aromatic carbocycles. The average Bonchev–Trinajstić information content (AvgIpc) is 2.89. The molecule has 3 rings (SSSR count). The van der Waals surface area contributed by atoms with Crippen molar-refractivity contribution in [3.8, 4) is 0 Å². The highest BCUT2D eigenvalue weighted by atomic mass is 35.5. The second kappa shape index (κ2) is 6.87. The number of thiazole rings is 1. The van der Waals surface area contributed by atoms with E-state index >= 15 is 0 Å². The molecule has 1 saturated heterocycles. The van der Waals surface area contributed by atoms with Gasteiger partial charge in [0.15, 0.2) is 4.96 Å². The van der Waals surface area contributed by atoms with Crippen LogP contribution >= 0.6 is 23.7 Å². The smallest absolute Gasteiger partial charge is 0.258 e. The lowest BCUT2D eigenvalue weighted by Crippen LogP contribution is -2.45. The number of likely N-dealkylation sites (tertiary alicyclic amines) is 1. The van der Waals surface area contributed by atoms with E-state index in [0.717, 1.165) is 36.1 Å². The highest BCUT2D eigenvalue weighted by Gasteiger charge is 2.25. The molecule has 2 aromatic heterocycles. The maximum Gasteiger partial charge on any atom is 0.258 e.